The summed E-state index contributed by atoms with van der Waals surface area (Å²) >= 11 is 0. The van der Waals surface area contributed by atoms with Crippen LogP contribution in [0, 0.1) is 0 Å². The van der Waals surface area contributed by atoms with Gasteiger partial charge in [0.25, 0.3) is 0 Å². The molecule has 1 aromatic rings. The van der Waals surface area contributed by atoms with Crippen molar-refractivity contribution in [3.8, 4) is 11.5 Å². The first kappa shape index (κ1) is 8.75. The van der Waals surface area contributed by atoms with Crippen LogP contribution in [0.2, 0.25) is 0 Å². The van der Waals surface area contributed by atoms with Gasteiger partial charge in [-0.2, -0.15) is 0 Å². The minimum absolute atomic E-state index is 0.177. The van der Waals surface area contributed by atoms with E-state index in [1.54, 1.807) is 12.1 Å². The first-order valence-electron chi connectivity index (χ1n) is 4.47. The van der Waals surface area contributed by atoms with E-state index in [1.807, 2.05) is 0 Å². The Labute approximate surface area is 80.6 Å². The Morgan fingerprint density at radius 2 is 1.77 bits per heavy atom. The molecule has 2 nitrogen and oxygen atoms in total. The molecule has 1 saturated heterocycles. The fourth-order valence-electron chi connectivity index (χ4n) is 1.61. The molecule has 2 rings (SSSR count). The highest BCUT2D eigenvalue weighted by atomic mass is 32.2. The van der Waals surface area contributed by atoms with Gasteiger partial charge in [-0.1, -0.05) is 0 Å². The molecular formula is C10H13O2S+. The molecule has 13 heavy (non-hydrogen) atoms. The van der Waals surface area contributed by atoms with E-state index in [0.717, 1.165) is 16.4 Å². The second kappa shape index (κ2) is 3.50. The third kappa shape index (κ3) is 1.75. The van der Waals surface area contributed by atoms with Gasteiger partial charge in [0.15, 0.2) is 10.6 Å². The molecular weight excluding hydrogens is 184 g/mol. The molecule has 2 N–H and O–H groups in total. The SMILES string of the molecule is Oc1ccc(O)c([S+]2CCCC2)c1. The van der Waals surface area contributed by atoms with E-state index in [1.165, 1.54) is 18.9 Å². The summed E-state index contributed by atoms with van der Waals surface area (Å²) in [7, 11) is 0.177. The molecule has 0 atom stereocenters. The maximum absolute atomic E-state index is 9.59. The third-order valence-electron chi connectivity index (χ3n) is 2.29. The molecule has 0 spiro atoms. The minimum Gasteiger partial charge on any atom is -0.508 e. The summed E-state index contributed by atoms with van der Waals surface area (Å²) in [5, 5.41) is 18.9. The largest absolute Gasteiger partial charge is 0.508 e. The quantitative estimate of drug-likeness (QED) is 0.533. The third-order valence-corrected chi connectivity index (χ3v) is 4.80. The van der Waals surface area contributed by atoms with Crippen LogP contribution in [0.3, 0.4) is 0 Å². The molecule has 0 aliphatic carbocycles. The van der Waals surface area contributed by atoms with Crippen molar-refractivity contribution in [1.29, 1.82) is 0 Å². The van der Waals surface area contributed by atoms with Gasteiger partial charge in [-0.25, -0.2) is 0 Å². The van der Waals surface area contributed by atoms with E-state index >= 15 is 0 Å². The lowest BCUT2D eigenvalue weighted by atomic mass is 10.3. The highest BCUT2D eigenvalue weighted by Gasteiger charge is 2.29. The van der Waals surface area contributed by atoms with E-state index in [0.29, 0.717) is 5.75 Å². The predicted molar refractivity (Wildman–Crippen MR) is 54.4 cm³/mol. The van der Waals surface area contributed by atoms with E-state index in [-0.39, 0.29) is 16.6 Å². The average Bonchev–Trinajstić information content (AvgIpc) is 2.61. The van der Waals surface area contributed by atoms with Crippen LogP contribution in [-0.4, -0.2) is 21.7 Å². The second-order valence-electron chi connectivity index (χ2n) is 3.26. The standard InChI is InChI=1S/C10H12O2S/c11-8-3-4-9(12)10(7-8)13-5-1-2-6-13/h3-4,7H,1-2,5-6H2,(H-,11,12)/p+1. The van der Waals surface area contributed by atoms with Gasteiger partial charge in [0.1, 0.15) is 17.3 Å². The topological polar surface area (TPSA) is 40.5 Å². The summed E-state index contributed by atoms with van der Waals surface area (Å²) in [6.45, 7) is 0. The molecule has 0 radical (unpaired) electrons. The molecule has 0 aromatic heterocycles. The molecule has 1 aromatic carbocycles. The minimum atomic E-state index is 0.177. The number of hydrogen-bond acceptors (Lipinski definition) is 2. The van der Waals surface area contributed by atoms with Crippen molar-refractivity contribution in [3.05, 3.63) is 18.2 Å². The Morgan fingerprint density at radius 3 is 2.46 bits per heavy atom. The van der Waals surface area contributed by atoms with Gasteiger partial charge < -0.3 is 10.2 Å². The van der Waals surface area contributed by atoms with Crippen LogP contribution in [0.15, 0.2) is 23.1 Å². The summed E-state index contributed by atoms with van der Waals surface area (Å²) < 4.78 is 0. The predicted octanol–water partition coefficient (Wildman–Crippen LogP) is 1.87. The van der Waals surface area contributed by atoms with Crippen LogP contribution in [0.4, 0.5) is 0 Å². The van der Waals surface area contributed by atoms with E-state index in [4.69, 9.17) is 0 Å². The Hall–Kier alpha value is -0.830. The lowest BCUT2D eigenvalue weighted by Crippen LogP contribution is -2.03. The monoisotopic (exact) mass is 197 g/mol. The molecule has 70 valence electrons. The van der Waals surface area contributed by atoms with E-state index in [9.17, 15) is 10.2 Å². The first-order chi connectivity index (χ1) is 6.27. The molecule has 1 fully saturated rings. The van der Waals surface area contributed by atoms with Crippen LogP contribution < -0.4 is 0 Å². The lowest BCUT2D eigenvalue weighted by molar-refractivity contribution is 0.448. The maximum Gasteiger partial charge on any atom is 0.200 e. The second-order valence-corrected chi connectivity index (χ2v) is 5.50. The van der Waals surface area contributed by atoms with Crippen molar-refractivity contribution in [2.45, 2.75) is 17.7 Å². The van der Waals surface area contributed by atoms with Crippen molar-refractivity contribution in [1.82, 2.24) is 0 Å². The van der Waals surface area contributed by atoms with Gasteiger partial charge in [0, 0.05) is 17.0 Å². The molecule has 1 aliphatic heterocycles. The van der Waals surface area contributed by atoms with Crippen molar-refractivity contribution >= 4 is 10.9 Å². The fraction of sp³-hybridized carbons (Fsp3) is 0.400. The maximum atomic E-state index is 9.59. The number of phenols is 2. The van der Waals surface area contributed by atoms with Crippen LogP contribution in [-0.2, 0) is 10.9 Å². The fourth-order valence-corrected chi connectivity index (χ4v) is 4.01. The van der Waals surface area contributed by atoms with Gasteiger partial charge in [0.05, 0.1) is 0 Å². The van der Waals surface area contributed by atoms with Gasteiger partial charge in [-0.05, 0) is 25.0 Å². The Bertz CT molecular complexity index is 306. The number of benzene rings is 1. The van der Waals surface area contributed by atoms with Crippen molar-refractivity contribution in [2.75, 3.05) is 11.5 Å². The van der Waals surface area contributed by atoms with E-state index in [2.05, 4.69) is 0 Å². The van der Waals surface area contributed by atoms with Gasteiger partial charge in [0.2, 0.25) is 0 Å². The molecule has 1 aliphatic rings. The zero-order chi connectivity index (χ0) is 9.26. The van der Waals surface area contributed by atoms with Gasteiger partial charge >= 0.3 is 0 Å². The van der Waals surface area contributed by atoms with Crippen LogP contribution >= 0.6 is 0 Å². The summed E-state index contributed by atoms with van der Waals surface area (Å²) in [4.78, 5) is 0.942. The number of hydrogen-bond donors (Lipinski definition) is 2. The van der Waals surface area contributed by atoms with Crippen LogP contribution in [0.25, 0.3) is 0 Å². The van der Waals surface area contributed by atoms with Crippen molar-refractivity contribution < 1.29 is 10.2 Å². The van der Waals surface area contributed by atoms with Gasteiger partial charge in [-0.3, -0.25) is 0 Å². The summed E-state index contributed by atoms with van der Waals surface area (Å²) in [6, 6.07) is 4.80. The van der Waals surface area contributed by atoms with Crippen molar-refractivity contribution in [2.24, 2.45) is 0 Å². The Morgan fingerprint density at radius 1 is 1.08 bits per heavy atom. The molecule has 0 amide bonds. The smallest absolute Gasteiger partial charge is 0.200 e. The Balaban J connectivity index is 2.32. The van der Waals surface area contributed by atoms with Crippen molar-refractivity contribution in [3.63, 3.8) is 0 Å². The van der Waals surface area contributed by atoms with Crippen LogP contribution in [0.1, 0.15) is 12.8 Å². The average molecular weight is 197 g/mol. The molecule has 0 unspecified atom stereocenters. The number of aromatic hydroxyl groups is 2. The highest BCUT2D eigenvalue weighted by Crippen LogP contribution is 2.32. The number of rotatable bonds is 1. The molecule has 3 heteroatoms. The number of phenolic OH excluding ortho intramolecular Hbond substituents is 2. The summed E-state index contributed by atoms with van der Waals surface area (Å²) in [5.74, 6) is 2.92. The molecule has 0 saturated carbocycles. The highest BCUT2D eigenvalue weighted by molar-refractivity contribution is 7.97. The zero-order valence-corrected chi connectivity index (χ0v) is 8.18. The summed E-state index contributed by atoms with van der Waals surface area (Å²) in [5.41, 5.74) is 0. The zero-order valence-electron chi connectivity index (χ0n) is 7.36. The first-order valence-corrected chi connectivity index (χ1v) is 6.03. The molecule has 0 bridgehead atoms. The Kier molecular flexibility index (Phi) is 2.36. The summed E-state index contributed by atoms with van der Waals surface area (Å²) in [6.07, 6.45) is 2.50. The van der Waals surface area contributed by atoms with E-state index < -0.39 is 0 Å². The molecule has 1 heterocycles. The van der Waals surface area contributed by atoms with Crippen LogP contribution in [0.5, 0.6) is 11.5 Å². The lowest BCUT2D eigenvalue weighted by Gasteiger charge is -2.02. The normalized spacial score (nSPS) is 17.8. The van der Waals surface area contributed by atoms with Gasteiger partial charge in [-0.15, -0.1) is 0 Å².